The van der Waals surface area contributed by atoms with E-state index in [4.69, 9.17) is 11.6 Å². The van der Waals surface area contributed by atoms with E-state index in [-0.39, 0.29) is 23.8 Å². The number of carbonyl (C=O) groups excluding carboxylic acids is 2. The minimum atomic E-state index is -4.50. The number of aryl methyl sites for hydroxylation is 1. The lowest BCUT2D eigenvalue weighted by Crippen LogP contribution is -2.17. The fourth-order valence-corrected chi connectivity index (χ4v) is 3.66. The van der Waals surface area contributed by atoms with Crippen LogP contribution >= 0.6 is 23.4 Å². The monoisotopic (exact) mass is 497 g/mol. The fraction of sp³-hybridized carbons (Fsp3) is 0.238. The van der Waals surface area contributed by atoms with E-state index in [2.05, 4.69) is 20.8 Å². The number of carbonyl (C=O) groups is 2. The van der Waals surface area contributed by atoms with E-state index in [9.17, 15) is 22.8 Å². The third kappa shape index (κ3) is 6.72. The van der Waals surface area contributed by atoms with Gasteiger partial charge in [-0.05, 0) is 42.8 Å². The van der Waals surface area contributed by atoms with Crippen LogP contribution in [-0.4, -0.2) is 32.3 Å². The molecule has 0 aliphatic carbocycles. The highest BCUT2D eigenvalue weighted by atomic mass is 35.5. The Hall–Kier alpha value is -3.05. The molecule has 0 unspecified atom stereocenters. The first-order valence-corrected chi connectivity index (χ1v) is 10.9. The van der Waals surface area contributed by atoms with Crippen LogP contribution in [0.15, 0.2) is 47.6 Å². The molecule has 0 atom stereocenters. The molecule has 1 aromatic heterocycles. The second-order valence-corrected chi connectivity index (χ2v) is 8.41. The summed E-state index contributed by atoms with van der Waals surface area (Å²) in [5.74, 6) is -0.537. The van der Waals surface area contributed by atoms with Gasteiger partial charge >= 0.3 is 6.18 Å². The third-order valence-corrected chi connectivity index (χ3v) is 5.93. The zero-order valence-electron chi connectivity index (χ0n) is 17.5. The minimum absolute atomic E-state index is 0.0435. The van der Waals surface area contributed by atoms with Crippen LogP contribution in [0.1, 0.15) is 17.0 Å². The Morgan fingerprint density at radius 3 is 2.45 bits per heavy atom. The van der Waals surface area contributed by atoms with Crippen molar-refractivity contribution in [3.8, 4) is 0 Å². The Kier molecular flexibility index (Phi) is 7.65. The Bertz CT molecular complexity index is 1180. The van der Waals surface area contributed by atoms with Crippen molar-refractivity contribution >= 4 is 46.6 Å². The third-order valence-electron chi connectivity index (χ3n) is 4.51. The summed E-state index contributed by atoms with van der Waals surface area (Å²) in [4.78, 5) is 24.5. The molecule has 0 aliphatic rings. The van der Waals surface area contributed by atoms with Crippen molar-refractivity contribution in [2.45, 2.75) is 24.7 Å². The van der Waals surface area contributed by atoms with Gasteiger partial charge in [0, 0.05) is 23.4 Å². The Morgan fingerprint density at radius 1 is 1.06 bits per heavy atom. The van der Waals surface area contributed by atoms with E-state index in [1.54, 1.807) is 29.8 Å². The zero-order chi connectivity index (χ0) is 24.2. The number of halogens is 4. The van der Waals surface area contributed by atoms with Gasteiger partial charge in [0.25, 0.3) is 0 Å². The molecule has 3 rings (SSSR count). The first kappa shape index (κ1) is 24.6. The summed E-state index contributed by atoms with van der Waals surface area (Å²) in [7, 11) is 1.65. The molecule has 12 heteroatoms. The van der Waals surface area contributed by atoms with Gasteiger partial charge in [-0.15, -0.1) is 10.2 Å². The predicted molar refractivity (Wildman–Crippen MR) is 120 cm³/mol. The van der Waals surface area contributed by atoms with Crippen LogP contribution in [-0.2, 0) is 29.2 Å². The summed E-state index contributed by atoms with van der Waals surface area (Å²) >= 11 is 7.11. The van der Waals surface area contributed by atoms with Crippen molar-refractivity contribution in [2.75, 3.05) is 16.4 Å². The number of nitrogens with zero attached hydrogens (tertiary/aromatic N) is 3. The number of rotatable bonds is 7. The first-order valence-electron chi connectivity index (χ1n) is 9.57. The highest BCUT2D eigenvalue weighted by molar-refractivity contribution is 7.99. The smallest absolute Gasteiger partial charge is 0.326 e. The van der Waals surface area contributed by atoms with Crippen molar-refractivity contribution in [1.29, 1.82) is 0 Å². The molecule has 2 N–H and O–H groups in total. The summed E-state index contributed by atoms with van der Waals surface area (Å²) in [5, 5.41) is 14.0. The number of hydrogen-bond acceptors (Lipinski definition) is 5. The van der Waals surface area contributed by atoms with Crippen molar-refractivity contribution in [2.24, 2.45) is 7.05 Å². The van der Waals surface area contributed by atoms with E-state index >= 15 is 0 Å². The standard InChI is InChI=1S/C21H19ClF3N5O2S/c1-12-6-7-15(9-16(12)22)26-18(31)10-17-28-29-20(30(17)2)33-11-19(32)27-14-5-3-4-13(8-14)21(23,24)25/h3-9H,10-11H2,1-2H3,(H,26,31)(H,27,32). The topological polar surface area (TPSA) is 88.9 Å². The van der Waals surface area contributed by atoms with Crippen LogP contribution in [0.4, 0.5) is 24.5 Å². The molecule has 2 aromatic carbocycles. The van der Waals surface area contributed by atoms with Gasteiger partial charge in [-0.3, -0.25) is 9.59 Å². The molecule has 3 aromatic rings. The van der Waals surface area contributed by atoms with Gasteiger partial charge in [0.05, 0.1) is 17.7 Å². The normalized spacial score (nSPS) is 11.3. The van der Waals surface area contributed by atoms with Gasteiger partial charge in [-0.1, -0.05) is 35.5 Å². The molecule has 33 heavy (non-hydrogen) atoms. The highest BCUT2D eigenvalue weighted by Crippen LogP contribution is 2.30. The molecule has 0 radical (unpaired) electrons. The maximum absolute atomic E-state index is 12.8. The van der Waals surface area contributed by atoms with Gasteiger partial charge in [0.2, 0.25) is 11.8 Å². The number of hydrogen-bond donors (Lipinski definition) is 2. The quantitative estimate of drug-likeness (QED) is 0.462. The second-order valence-electron chi connectivity index (χ2n) is 7.06. The molecule has 0 fully saturated rings. The lowest BCUT2D eigenvalue weighted by atomic mass is 10.2. The molecular weight excluding hydrogens is 479 g/mol. The Balaban J connectivity index is 1.54. The van der Waals surface area contributed by atoms with E-state index in [1.165, 1.54) is 12.1 Å². The number of benzene rings is 2. The Labute approximate surface area is 196 Å². The molecule has 0 spiro atoms. The van der Waals surface area contributed by atoms with Gasteiger partial charge in [-0.25, -0.2) is 0 Å². The van der Waals surface area contributed by atoms with E-state index < -0.39 is 17.6 Å². The highest BCUT2D eigenvalue weighted by Gasteiger charge is 2.30. The largest absolute Gasteiger partial charge is 0.416 e. The van der Waals surface area contributed by atoms with Crippen LogP contribution in [0.25, 0.3) is 0 Å². The molecular formula is C21H19ClF3N5O2S. The number of alkyl halides is 3. The molecule has 7 nitrogen and oxygen atoms in total. The number of thioether (sulfide) groups is 1. The summed E-state index contributed by atoms with van der Waals surface area (Å²) in [6.07, 6.45) is -4.55. The first-order chi connectivity index (χ1) is 15.5. The predicted octanol–water partition coefficient (Wildman–Crippen LogP) is 4.71. The zero-order valence-corrected chi connectivity index (χ0v) is 19.1. The van der Waals surface area contributed by atoms with E-state index in [0.717, 1.165) is 29.5 Å². The van der Waals surface area contributed by atoms with Crippen LogP contribution in [0, 0.1) is 6.92 Å². The maximum Gasteiger partial charge on any atom is 0.416 e. The average Bonchev–Trinajstić information content (AvgIpc) is 3.08. The molecule has 2 amide bonds. The van der Waals surface area contributed by atoms with Crippen molar-refractivity contribution in [3.05, 3.63) is 64.4 Å². The van der Waals surface area contributed by atoms with E-state index in [1.807, 2.05) is 6.92 Å². The minimum Gasteiger partial charge on any atom is -0.326 e. The number of nitrogens with one attached hydrogen (secondary N) is 2. The van der Waals surface area contributed by atoms with Gasteiger partial charge in [0.1, 0.15) is 5.82 Å². The number of amides is 2. The second kappa shape index (κ2) is 10.3. The van der Waals surface area contributed by atoms with E-state index in [0.29, 0.717) is 21.7 Å². The lowest BCUT2D eigenvalue weighted by Gasteiger charge is -2.10. The molecule has 0 bridgehead atoms. The number of aromatic nitrogens is 3. The summed E-state index contributed by atoms with van der Waals surface area (Å²) < 4.78 is 40.0. The Morgan fingerprint density at radius 2 is 1.76 bits per heavy atom. The molecule has 1 heterocycles. The van der Waals surface area contributed by atoms with Crippen molar-refractivity contribution in [3.63, 3.8) is 0 Å². The molecule has 174 valence electrons. The van der Waals surface area contributed by atoms with Crippen LogP contribution in [0.5, 0.6) is 0 Å². The average molecular weight is 498 g/mol. The summed E-state index contributed by atoms with van der Waals surface area (Å²) in [6.45, 7) is 1.85. The van der Waals surface area contributed by atoms with Crippen LogP contribution in [0.3, 0.4) is 0 Å². The molecule has 0 saturated heterocycles. The molecule has 0 saturated carbocycles. The summed E-state index contributed by atoms with van der Waals surface area (Å²) in [6, 6.07) is 9.56. The SMILES string of the molecule is Cc1ccc(NC(=O)Cc2nnc(SCC(=O)Nc3cccc(C(F)(F)F)c3)n2C)cc1Cl. The van der Waals surface area contributed by atoms with Crippen LogP contribution < -0.4 is 10.6 Å². The summed E-state index contributed by atoms with van der Waals surface area (Å²) in [5.41, 5.74) is 0.638. The van der Waals surface area contributed by atoms with Crippen molar-refractivity contribution < 1.29 is 22.8 Å². The fourth-order valence-electron chi connectivity index (χ4n) is 2.74. The lowest BCUT2D eigenvalue weighted by molar-refractivity contribution is -0.137. The van der Waals surface area contributed by atoms with Crippen molar-refractivity contribution in [1.82, 2.24) is 14.8 Å². The number of anilines is 2. The van der Waals surface area contributed by atoms with Gasteiger partial charge < -0.3 is 15.2 Å². The van der Waals surface area contributed by atoms with Crippen LogP contribution in [0.2, 0.25) is 5.02 Å². The maximum atomic E-state index is 12.8. The molecule has 0 aliphatic heterocycles. The van der Waals surface area contributed by atoms with Gasteiger partial charge in [0.15, 0.2) is 5.16 Å². The van der Waals surface area contributed by atoms with Gasteiger partial charge in [-0.2, -0.15) is 13.2 Å².